The van der Waals surface area contributed by atoms with E-state index in [1.165, 1.54) is 12.1 Å². The van der Waals surface area contributed by atoms with Gasteiger partial charge in [0.2, 0.25) is 0 Å². The van der Waals surface area contributed by atoms with Crippen molar-refractivity contribution in [1.29, 1.82) is 0 Å². The number of nitrogens with zero attached hydrogens (tertiary/aromatic N) is 5. The van der Waals surface area contributed by atoms with E-state index in [0.29, 0.717) is 22.7 Å². The number of halogens is 2. The van der Waals surface area contributed by atoms with E-state index in [1.807, 2.05) is 19.3 Å². The summed E-state index contributed by atoms with van der Waals surface area (Å²) in [6.45, 7) is 6.10. The molecular formula is C22H23F2N5. The summed E-state index contributed by atoms with van der Waals surface area (Å²) in [4.78, 5) is 11.1. The van der Waals surface area contributed by atoms with Crippen molar-refractivity contribution in [2.75, 3.05) is 20.1 Å². The molecule has 0 amide bonds. The number of hydrogen-bond donors (Lipinski definition) is 0. The first-order chi connectivity index (χ1) is 13.9. The van der Waals surface area contributed by atoms with E-state index in [4.69, 9.17) is 0 Å². The molecule has 150 valence electrons. The molecule has 0 aliphatic carbocycles. The second-order valence-corrected chi connectivity index (χ2v) is 8.26. The number of hydrogen-bond acceptors (Lipinski definition) is 3. The quantitative estimate of drug-likeness (QED) is 0.519. The Kier molecular flexibility index (Phi) is 4.17. The van der Waals surface area contributed by atoms with Gasteiger partial charge in [-0.2, -0.15) is 0 Å². The lowest BCUT2D eigenvalue weighted by atomic mass is 9.91. The Balaban J connectivity index is 1.56. The molecule has 5 rings (SSSR count). The normalized spacial score (nSPS) is 18.9. The van der Waals surface area contributed by atoms with Gasteiger partial charge < -0.3 is 13.7 Å². The van der Waals surface area contributed by atoms with Crippen LogP contribution in [0, 0.1) is 24.5 Å². The molecular weight excluding hydrogens is 372 g/mol. The van der Waals surface area contributed by atoms with E-state index in [9.17, 15) is 8.78 Å². The smallest absolute Gasteiger partial charge is 0.173 e. The van der Waals surface area contributed by atoms with E-state index < -0.39 is 11.6 Å². The number of imidazole rings is 2. The van der Waals surface area contributed by atoms with Crippen LogP contribution >= 0.6 is 0 Å². The fourth-order valence-electron chi connectivity index (χ4n) is 4.41. The molecule has 29 heavy (non-hydrogen) atoms. The van der Waals surface area contributed by atoms with Crippen LogP contribution in [-0.2, 0) is 0 Å². The topological polar surface area (TPSA) is 37.8 Å². The van der Waals surface area contributed by atoms with Crippen molar-refractivity contribution in [2.45, 2.75) is 26.2 Å². The highest BCUT2D eigenvalue weighted by Crippen LogP contribution is 2.32. The van der Waals surface area contributed by atoms with Crippen molar-refractivity contribution in [2.24, 2.45) is 5.92 Å². The monoisotopic (exact) mass is 395 g/mol. The van der Waals surface area contributed by atoms with Gasteiger partial charge in [-0.3, -0.25) is 0 Å². The van der Waals surface area contributed by atoms with Gasteiger partial charge in [0, 0.05) is 48.4 Å². The Morgan fingerprint density at radius 3 is 2.21 bits per heavy atom. The van der Waals surface area contributed by atoms with Crippen molar-refractivity contribution in [3.8, 4) is 11.1 Å². The average Bonchev–Trinajstić information content (AvgIpc) is 3.38. The molecule has 2 atom stereocenters. The van der Waals surface area contributed by atoms with Gasteiger partial charge in [-0.05, 0) is 45.0 Å². The van der Waals surface area contributed by atoms with Gasteiger partial charge in [-0.15, -0.1) is 0 Å². The lowest BCUT2D eigenvalue weighted by molar-refractivity contribution is 0.375. The number of likely N-dealkylation sites (tertiary alicyclic amines) is 1. The van der Waals surface area contributed by atoms with Crippen LogP contribution in [0.2, 0.25) is 0 Å². The summed E-state index contributed by atoms with van der Waals surface area (Å²) >= 11 is 0. The molecule has 4 aromatic rings. The maximum Gasteiger partial charge on any atom is 0.173 e. The maximum absolute atomic E-state index is 14.9. The van der Waals surface area contributed by atoms with Crippen LogP contribution in [0.4, 0.5) is 8.78 Å². The van der Waals surface area contributed by atoms with Crippen molar-refractivity contribution in [3.63, 3.8) is 0 Å². The van der Waals surface area contributed by atoms with Gasteiger partial charge in [0.15, 0.2) is 22.9 Å². The largest absolute Gasteiger partial charge is 0.306 e. The third-order valence-corrected chi connectivity index (χ3v) is 6.09. The minimum atomic E-state index is -0.429. The number of rotatable bonds is 3. The average molecular weight is 395 g/mol. The van der Waals surface area contributed by atoms with Crippen LogP contribution in [0.3, 0.4) is 0 Å². The molecule has 1 fully saturated rings. The standard InChI is InChI=1S/C22H23F2N5/c1-13-8-28-10-16(6-18(23)21(28)25-13)17-7-19(24)22-26-20(12-29(22)11-17)14(2)15-4-5-27(3)9-15/h6-8,10-12,14-15H,4-5,9H2,1-3H3. The van der Waals surface area contributed by atoms with Crippen LogP contribution in [0.15, 0.2) is 36.9 Å². The van der Waals surface area contributed by atoms with Crippen LogP contribution in [0.25, 0.3) is 22.4 Å². The summed E-state index contributed by atoms with van der Waals surface area (Å²) in [7, 11) is 2.13. The highest BCUT2D eigenvalue weighted by molar-refractivity contribution is 5.66. The van der Waals surface area contributed by atoms with E-state index in [0.717, 1.165) is 30.9 Å². The highest BCUT2D eigenvalue weighted by Gasteiger charge is 2.27. The second-order valence-electron chi connectivity index (χ2n) is 8.26. The van der Waals surface area contributed by atoms with Gasteiger partial charge in [0.1, 0.15) is 0 Å². The number of aromatic nitrogens is 4. The summed E-state index contributed by atoms with van der Waals surface area (Å²) in [6, 6.07) is 2.82. The Morgan fingerprint density at radius 1 is 0.966 bits per heavy atom. The number of pyridine rings is 2. The van der Waals surface area contributed by atoms with Gasteiger partial charge in [0.05, 0.1) is 11.4 Å². The Labute approximate surface area is 167 Å². The summed E-state index contributed by atoms with van der Waals surface area (Å²) in [5, 5.41) is 0. The predicted octanol–water partition coefficient (Wildman–Crippen LogP) is 4.29. The molecule has 0 aromatic carbocycles. The summed E-state index contributed by atoms with van der Waals surface area (Å²) in [5.41, 5.74) is 3.39. The van der Waals surface area contributed by atoms with Crippen molar-refractivity contribution in [3.05, 3.63) is 59.9 Å². The fraction of sp³-hybridized carbons (Fsp3) is 0.364. The summed E-state index contributed by atoms with van der Waals surface area (Å²) < 4.78 is 32.7. The van der Waals surface area contributed by atoms with Crippen molar-refractivity contribution in [1.82, 2.24) is 23.7 Å². The predicted molar refractivity (Wildman–Crippen MR) is 108 cm³/mol. The number of fused-ring (bicyclic) bond motifs is 2. The van der Waals surface area contributed by atoms with E-state index in [2.05, 4.69) is 28.8 Å². The van der Waals surface area contributed by atoms with E-state index >= 15 is 0 Å². The highest BCUT2D eigenvalue weighted by atomic mass is 19.1. The summed E-state index contributed by atoms with van der Waals surface area (Å²) in [5.74, 6) is -0.0629. The van der Waals surface area contributed by atoms with Crippen molar-refractivity contribution >= 4 is 11.3 Å². The van der Waals surface area contributed by atoms with E-state index in [1.54, 1.807) is 21.2 Å². The van der Waals surface area contributed by atoms with Gasteiger partial charge in [0.25, 0.3) is 0 Å². The minimum Gasteiger partial charge on any atom is -0.306 e. The minimum absolute atomic E-state index is 0.255. The third kappa shape index (κ3) is 3.09. The molecule has 1 aliphatic heterocycles. The van der Waals surface area contributed by atoms with Crippen molar-refractivity contribution < 1.29 is 8.78 Å². The molecule has 4 aromatic heterocycles. The Hall–Kier alpha value is -2.80. The lowest BCUT2D eigenvalue weighted by Crippen LogP contribution is -2.17. The molecule has 0 N–H and O–H groups in total. The third-order valence-electron chi connectivity index (χ3n) is 6.09. The maximum atomic E-state index is 14.9. The van der Waals surface area contributed by atoms with E-state index in [-0.39, 0.29) is 11.6 Å². The first kappa shape index (κ1) is 18.2. The Morgan fingerprint density at radius 2 is 1.59 bits per heavy atom. The second kappa shape index (κ2) is 6.62. The molecule has 5 heterocycles. The van der Waals surface area contributed by atoms with Crippen LogP contribution in [0.5, 0.6) is 0 Å². The molecule has 2 unspecified atom stereocenters. The molecule has 0 radical (unpaired) electrons. The fourth-order valence-corrected chi connectivity index (χ4v) is 4.41. The SMILES string of the molecule is Cc1cn2cc(-c3cc(F)c4nc(C(C)C5CCN(C)C5)cn4c3)cc(F)c2n1. The molecule has 0 spiro atoms. The number of aryl methyl sites for hydroxylation is 1. The molecule has 0 saturated carbocycles. The molecule has 7 heteroatoms. The zero-order valence-corrected chi connectivity index (χ0v) is 16.7. The molecule has 1 aliphatic rings. The van der Waals surface area contributed by atoms with Crippen LogP contribution in [0.1, 0.15) is 30.7 Å². The van der Waals surface area contributed by atoms with Crippen LogP contribution in [-0.4, -0.2) is 43.8 Å². The van der Waals surface area contributed by atoms with Gasteiger partial charge in [-0.1, -0.05) is 6.92 Å². The van der Waals surface area contributed by atoms with Gasteiger partial charge in [-0.25, -0.2) is 18.7 Å². The first-order valence-electron chi connectivity index (χ1n) is 9.91. The zero-order valence-electron chi connectivity index (χ0n) is 16.7. The molecule has 5 nitrogen and oxygen atoms in total. The molecule has 1 saturated heterocycles. The molecule has 0 bridgehead atoms. The summed E-state index contributed by atoms with van der Waals surface area (Å²) in [6.07, 6.45) is 8.37. The first-order valence-corrected chi connectivity index (χ1v) is 9.91. The Bertz CT molecular complexity index is 1230. The zero-order chi connectivity index (χ0) is 20.3. The van der Waals surface area contributed by atoms with Gasteiger partial charge >= 0.3 is 0 Å². The van der Waals surface area contributed by atoms with Crippen LogP contribution < -0.4 is 0 Å². The lowest BCUT2D eigenvalue weighted by Gasteiger charge is -2.16.